The molecule has 0 rings (SSSR count). The van der Waals surface area contributed by atoms with Gasteiger partial charge < -0.3 is 15.8 Å². The van der Waals surface area contributed by atoms with Crippen molar-refractivity contribution in [3.05, 3.63) is 0 Å². The lowest BCUT2D eigenvalue weighted by molar-refractivity contribution is -0.123. The maximum atomic E-state index is 11.8. The first-order valence-corrected chi connectivity index (χ1v) is 6.73. The average molecular weight is 259 g/mol. The molecule has 0 heterocycles. The molecule has 0 unspecified atom stereocenters. The monoisotopic (exact) mass is 259 g/mol. The number of likely N-dealkylation sites (N-methyl/N-ethyl adjacent to an activating group) is 1. The van der Waals surface area contributed by atoms with E-state index in [9.17, 15) is 4.79 Å². The van der Waals surface area contributed by atoms with Gasteiger partial charge in [0, 0.05) is 32.3 Å². The zero-order valence-electron chi connectivity index (χ0n) is 12.3. The highest BCUT2D eigenvalue weighted by Crippen LogP contribution is 2.20. The van der Waals surface area contributed by atoms with Crippen molar-refractivity contribution in [1.29, 1.82) is 0 Å². The first kappa shape index (κ1) is 17.4. The highest BCUT2D eigenvalue weighted by molar-refractivity contribution is 5.78. The van der Waals surface area contributed by atoms with Gasteiger partial charge in [-0.2, -0.15) is 0 Å². The van der Waals surface area contributed by atoms with E-state index in [-0.39, 0.29) is 11.4 Å². The molecule has 108 valence electrons. The molecule has 0 atom stereocenters. The second kappa shape index (κ2) is 9.30. The first-order valence-electron chi connectivity index (χ1n) is 6.73. The van der Waals surface area contributed by atoms with Crippen LogP contribution in [0.4, 0.5) is 0 Å². The molecular formula is C13H29N3O2. The van der Waals surface area contributed by atoms with Gasteiger partial charge >= 0.3 is 0 Å². The molecule has 0 aliphatic carbocycles. The minimum Gasteiger partial charge on any atom is -0.385 e. The molecule has 0 aromatic heterocycles. The Morgan fingerprint density at radius 2 is 2.00 bits per heavy atom. The summed E-state index contributed by atoms with van der Waals surface area (Å²) < 4.78 is 4.93. The van der Waals surface area contributed by atoms with Crippen LogP contribution in [0, 0.1) is 0 Å². The van der Waals surface area contributed by atoms with Crippen LogP contribution in [0.25, 0.3) is 0 Å². The lowest BCUT2D eigenvalue weighted by Gasteiger charge is -2.39. The van der Waals surface area contributed by atoms with E-state index >= 15 is 0 Å². The molecule has 0 aromatic rings. The normalized spacial score (nSPS) is 11.9. The summed E-state index contributed by atoms with van der Waals surface area (Å²) in [5, 5.41) is 2.89. The molecular weight excluding hydrogens is 230 g/mol. The van der Waals surface area contributed by atoms with Gasteiger partial charge in [0.1, 0.15) is 0 Å². The summed E-state index contributed by atoms with van der Waals surface area (Å²) in [6.07, 6.45) is 2.75. The Morgan fingerprint density at radius 1 is 1.39 bits per heavy atom. The average Bonchev–Trinajstić information content (AvgIpc) is 2.37. The summed E-state index contributed by atoms with van der Waals surface area (Å²) in [5.41, 5.74) is 5.79. The van der Waals surface area contributed by atoms with E-state index in [1.165, 1.54) is 0 Å². The SMILES string of the molecule is CCC(CC)(CN)N(C)CC(=O)NCCCOC. The fraction of sp³-hybridized carbons (Fsp3) is 0.923. The van der Waals surface area contributed by atoms with Crippen molar-refractivity contribution < 1.29 is 9.53 Å². The molecule has 5 nitrogen and oxygen atoms in total. The molecule has 0 saturated carbocycles. The fourth-order valence-electron chi connectivity index (χ4n) is 2.12. The van der Waals surface area contributed by atoms with Crippen molar-refractivity contribution >= 4 is 5.91 Å². The zero-order valence-corrected chi connectivity index (χ0v) is 12.3. The lowest BCUT2D eigenvalue weighted by atomic mass is 9.91. The Balaban J connectivity index is 4.12. The van der Waals surface area contributed by atoms with Crippen LogP contribution in [-0.2, 0) is 9.53 Å². The van der Waals surface area contributed by atoms with Crippen LogP contribution >= 0.6 is 0 Å². The molecule has 18 heavy (non-hydrogen) atoms. The minimum atomic E-state index is -0.0656. The Morgan fingerprint density at radius 3 is 2.44 bits per heavy atom. The number of rotatable bonds is 10. The van der Waals surface area contributed by atoms with Gasteiger partial charge in [-0.05, 0) is 26.3 Å². The van der Waals surface area contributed by atoms with Gasteiger partial charge in [-0.3, -0.25) is 9.69 Å². The molecule has 0 radical (unpaired) electrons. The maximum absolute atomic E-state index is 11.8. The van der Waals surface area contributed by atoms with Crippen molar-refractivity contribution in [3.8, 4) is 0 Å². The zero-order chi connectivity index (χ0) is 14.0. The van der Waals surface area contributed by atoms with E-state index in [2.05, 4.69) is 24.1 Å². The summed E-state index contributed by atoms with van der Waals surface area (Å²) >= 11 is 0. The number of methoxy groups -OCH3 is 1. The molecule has 0 spiro atoms. The number of carbonyl (C=O) groups is 1. The van der Waals surface area contributed by atoms with E-state index in [1.807, 2.05) is 7.05 Å². The summed E-state index contributed by atoms with van der Waals surface area (Å²) in [5.74, 6) is 0.0494. The van der Waals surface area contributed by atoms with Crippen LogP contribution in [0.1, 0.15) is 33.1 Å². The van der Waals surface area contributed by atoms with E-state index < -0.39 is 0 Å². The number of ether oxygens (including phenoxy) is 1. The molecule has 0 aliphatic rings. The van der Waals surface area contributed by atoms with E-state index in [0.29, 0.717) is 26.2 Å². The third-order valence-corrected chi connectivity index (χ3v) is 3.73. The van der Waals surface area contributed by atoms with Crippen LogP contribution in [0.2, 0.25) is 0 Å². The number of hydrogen-bond acceptors (Lipinski definition) is 4. The molecule has 0 bridgehead atoms. The van der Waals surface area contributed by atoms with Crippen LogP contribution in [0.5, 0.6) is 0 Å². The van der Waals surface area contributed by atoms with Crippen molar-refractivity contribution in [2.24, 2.45) is 5.73 Å². The Labute approximate surface area is 111 Å². The number of nitrogens with zero attached hydrogens (tertiary/aromatic N) is 1. The summed E-state index contributed by atoms with van der Waals surface area (Å²) in [6.45, 7) is 6.53. The second-order valence-electron chi connectivity index (χ2n) is 4.69. The number of amides is 1. The largest absolute Gasteiger partial charge is 0.385 e. The van der Waals surface area contributed by atoms with Crippen LogP contribution in [0.3, 0.4) is 0 Å². The van der Waals surface area contributed by atoms with Crippen molar-refractivity contribution in [2.75, 3.05) is 40.4 Å². The quantitative estimate of drug-likeness (QED) is 0.563. The minimum absolute atomic E-state index is 0.0494. The first-order chi connectivity index (χ1) is 8.56. The van der Waals surface area contributed by atoms with E-state index in [0.717, 1.165) is 19.3 Å². The van der Waals surface area contributed by atoms with Crippen LogP contribution in [0.15, 0.2) is 0 Å². The third kappa shape index (κ3) is 5.33. The lowest BCUT2D eigenvalue weighted by Crippen LogP contribution is -2.54. The molecule has 3 N–H and O–H groups in total. The van der Waals surface area contributed by atoms with Gasteiger partial charge in [0.05, 0.1) is 6.54 Å². The number of carbonyl (C=O) groups excluding carboxylic acids is 1. The molecule has 1 amide bonds. The van der Waals surface area contributed by atoms with E-state index in [4.69, 9.17) is 10.5 Å². The Hall–Kier alpha value is -0.650. The van der Waals surface area contributed by atoms with Crippen LogP contribution in [-0.4, -0.2) is 56.7 Å². The molecule has 0 fully saturated rings. The van der Waals surface area contributed by atoms with Crippen LogP contribution < -0.4 is 11.1 Å². The Bertz CT molecular complexity index is 222. The third-order valence-electron chi connectivity index (χ3n) is 3.73. The van der Waals surface area contributed by atoms with Gasteiger partial charge in [0.15, 0.2) is 0 Å². The fourth-order valence-corrected chi connectivity index (χ4v) is 2.12. The number of nitrogens with two attached hydrogens (primary N) is 1. The predicted octanol–water partition coefficient (Wildman–Crippen LogP) is 0.588. The van der Waals surface area contributed by atoms with Crippen molar-refractivity contribution in [3.63, 3.8) is 0 Å². The molecule has 0 aliphatic heterocycles. The standard InChI is InChI=1S/C13H29N3O2/c1-5-13(6-2,11-14)16(3)10-12(17)15-8-7-9-18-4/h5-11,14H2,1-4H3,(H,15,17). The smallest absolute Gasteiger partial charge is 0.234 e. The molecule has 0 saturated heterocycles. The van der Waals surface area contributed by atoms with Crippen molar-refractivity contribution in [2.45, 2.75) is 38.6 Å². The van der Waals surface area contributed by atoms with Gasteiger partial charge in [-0.25, -0.2) is 0 Å². The van der Waals surface area contributed by atoms with Gasteiger partial charge in [0.2, 0.25) is 5.91 Å². The van der Waals surface area contributed by atoms with Gasteiger partial charge in [-0.15, -0.1) is 0 Å². The van der Waals surface area contributed by atoms with Crippen molar-refractivity contribution in [1.82, 2.24) is 10.2 Å². The summed E-state index contributed by atoms with van der Waals surface area (Å²) in [7, 11) is 3.63. The predicted molar refractivity (Wildman–Crippen MR) is 74.5 cm³/mol. The van der Waals surface area contributed by atoms with E-state index in [1.54, 1.807) is 7.11 Å². The second-order valence-corrected chi connectivity index (χ2v) is 4.69. The highest BCUT2D eigenvalue weighted by atomic mass is 16.5. The number of nitrogens with one attached hydrogen (secondary N) is 1. The number of hydrogen-bond donors (Lipinski definition) is 2. The maximum Gasteiger partial charge on any atom is 0.234 e. The Kier molecular flexibility index (Phi) is 8.97. The summed E-state index contributed by atoms with van der Waals surface area (Å²) in [6, 6.07) is 0. The van der Waals surface area contributed by atoms with Gasteiger partial charge in [0.25, 0.3) is 0 Å². The highest BCUT2D eigenvalue weighted by Gasteiger charge is 2.30. The van der Waals surface area contributed by atoms with Gasteiger partial charge in [-0.1, -0.05) is 13.8 Å². The summed E-state index contributed by atoms with van der Waals surface area (Å²) in [4.78, 5) is 13.8. The molecule has 0 aromatic carbocycles. The molecule has 5 heteroatoms. The topological polar surface area (TPSA) is 67.6 Å².